The first-order chi connectivity index (χ1) is 4.25. The van der Waals surface area contributed by atoms with Crippen LogP contribution in [0.1, 0.15) is 13.8 Å². The normalized spacial score (nSPS) is 18.0. The lowest BCUT2D eigenvalue weighted by Crippen LogP contribution is -2.10. The monoisotopic (exact) mass is 125 g/mol. The van der Waals surface area contributed by atoms with Gasteiger partial charge in [-0.2, -0.15) is 0 Å². The summed E-state index contributed by atoms with van der Waals surface area (Å²) in [5.74, 6) is 0.192. The first-order valence-corrected chi connectivity index (χ1v) is 3.18. The van der Waals surface area contributed by atoms with Crippen molar-refractivity contribution < 1.29 is 4.79 Å². The van der Waals surface area contributed by atoms with Crippen molar-refractivity contribution in [2.24, 2.45) is 0 Å². The predicted octanol–water partition coefficient (Wildman–Crippen LogP) is 0.795. The van der Waals surface area contributed by atoms with Gasteiger partial charge in [-0.15, -0.1) is 0 Å². The van der Waals surface area contributed by atoms with Gasteiger partial charge in [0.25, 0.3) is 0 Å². The second kappa shape index (κ2) is 2.21. The number of hydrogen-bond acceptors (Lipinski definition) is 1. The molecule has 0 spiro atoms. The third-order valence-corrected chi connectivity index (χ3v) is 1.50. The maximum Gasteiger partial charge on any atom is 0.249 e. The van der Waals surface area contributed by atoms with E-state index in [1.54, 1.807) is 0 Å². The molecule has 0 aliphatic carbocycles. The van der Waals surface area contributed by atoms with Gasteiger partial charge in [0.05, 0.1) is 0 Å². The Hall–Kier alpha value is -0.790. The Morgan fingerprint density at radius 2 is 2.11 bits per heavy atom. The van der Waals surface area contributed by atoms with Gasteiger partial charge in [0.2, 0.25) is 5.91 Å². The minimum absolute atomic E-state index is 0.192. The molecule has 2 nitrogen and oxygen atoms in total. The Balaban J connectivity index is 2.50. The van der Waals surface area contributed by atoms with E-state index in [4.69, 9.17) is 0 Å². The number of allylic oxidation sites excluding steroid dienone is 1. The predicted molar refractivity (Wildman–Crippen MR) is 36.0 cm³/mol. The van der Waals surface area contributed by atoms with Gasteiger partial charge in [0.15, 0.2) is 0 Å². The van der Waals surface area contributed by atoms with E-state index in [0.717, 1.165) is 18.7 Å². The van der Waals surface area contributed by atoms with Crippen LogP contribution in [0.4, 0.5) is 0 Å². The largest absolute Gasteiger partial charge is 0.335 e. The van der Waals surface area contributed by atoms with Gasteiger partial charge in [0.1, 0.15) is 0 Å². The maximum absolute atomic E-state index is 11.0. The molecular weight excluding hydrogens is 114 g/mol. The van der Waals surface area contributed by atoms with Gasteiger partial charge >= 0.3 is 0 Å². The molecule has 50 valence electrons. The summed E-state index contributed by atoms with van der Waals surface area (Å²) in [5, 5.41) is 0. The SMILES string of the molecule is C/C=C(/C)C(=O)N1CC1. The zero-order chi connectivity index (χ0) is 6.85. The molecule has 0 aromatic carbocycles. The molecule has 1 fully saturated rings. The Labute approximate surface area is 55.2 Å². The Bertz CT molecular complexity index is 156. The molecule has 1 aliphatic heterocycles. The zero-order valence-electron chi connectivity index (χ0n) is 5.85. The third kappa shape index (κ3) is 1.31. The molecule has 9 heavy (non-hydrogen) atoms. The van der Waals surface area contributed by atoms with Gasteiger partial charge in [-0.1, -0.05) is 6.08 Å². The molecule has 1 rings (SSSR count). The van der Waals surface area contributed by atoms with Crippen LogP contribution in [-0.2, 0) is 4.79 Å². The minimum atomic E-state index is 0.192. The van der Waals surface area contributed by atoms with Crippen molar-refractivity contribution in [1.82, 2.24) is 4.90 Å². The summed E-state index contributed by atoms with van der Waals surface area (Å²) < 4.78 is 0. The lowest BCUT2D eigenvalue weighted by atomic mass is 10.3. The lowest BCUT2D eigenvalue weighted by molar-refractivity contribution is -0.121. The first kappa shape index (κ1) is 6.33. The summed E-state index contributed by atoms with van der Waals surface area (Å²) in [6.45, 7) is 5.63. The highest BCUT2D eigenvalue weighted by molar-refractivity contribution is 5.94. The zero-order valence-corrected chi connectivity index (χ0v) is 5.85. The van der Waals surface area contributed by atoms with Crippen LogP contribution in [0.15, 0.2) is 11.6 Å². The van der Waals surface area contributed by atoms with Crippen LogP contribution in [0.5, 0.6) is 0 Å². The van der Waals surface area contributed by atoms with E-state index in [0.29, 0.717) is 0 Å². The molecule has 0 radical (unpaired) electrons. The molecule has 1 aliphatic rings. The molecule has 1 amide bonds. The number of carbonyl (C=O) groups is 1. The molecule has 2 heteroatoms. The van der Waals surface area contributed by atoms with Crippen molar-refractivity contribution in [2.45, 2.75) is 13.8 Å². The van der Waals surface area contributed by atoms with Crippen molar-refractivity contribution in [3.8, 4) is 0 Å². The minimum Gasteiger partial charge on any atom is -0.335 e. The van der Waals surface area contributed by atoms with Crippen LogP contribution in [0.2, 0.25) is 0 Å². The van der Waals surface area contributed by atoms with Crippen molar-refractivity contribution in [2.75, 3.05) is 13.1 Å². The number of amides is 1. The van der Waals surface area contributed by atoms with Gasteiger partial charge in [-0.3, -0.25) is 4.79 Å². The quantitative estimate of drug-likeness (QED) is 0.375. The smallest absolute Gasteiger partial charge is 0.249 e. The summed E-state index contributed by atoms with van der Waals surface area (Å²) >= 11 is 0. The molecule has 0 aromatic rings. The van der Waals surface area contributed by atoms with Gasteiger partial charge < -0.3 is 4.90 Å². The van der Waals surface area contributed by atoms with Crippen molar-refractivity contribution in [3.63, 3.8) is 0 Å². The Morgan fingerprint density at radius 3 is 2.44 bits per heavy atom. The van der Waals surface area contributed by atoms with Crippen LogP contribution in [0.25, 0.3) is 0 Å². The maximum atomic E-state index is 11.0. The van der Waals surface area contributed by atoms with Crippen LogP contribution in [0, 0.1) is 0 Å². The molecule has 0 unspecified atom stereocenters. The highest BCUT2D eigenvalue weighted by Crippen LogP contribution is 2.09. The highest BCUT2D eigenvalue weighted by atomic mass is 16.2. The van der Waals surface area contributed by atoms with E-state index < -0.39 is 0 Å². The average molecular weight is 125 g/mol. The van der Waals surface area contributed by atoms with Gasteiger partial charge in [0, 0.05) is 18.7 Å². The molecule has 0 N–H and O–H groups in total. The van der Waals surface area contributed by atoms with E-state index in [-0.39, 0.29) is 5.91 Å². The van der Waals surface area contributed by atoms with Crippen LogP contribution >= 0.6 is 0 Å². The van der Waals surface area contributed by atoms with Crippen LogP contribution in [0.3, 0.4) is 0 Å². The fourth-order valence-corrected chi connectivity index (χ4v) is 0.626. The lowest BCUT2D eigenvalue weighted by Gasteiger charge is -1.97. The van der Waals surface area contributed by atoms with Gasteiger partial charge in [-0.05, 0) is 13.8 Å². The van der Waals surface area contributed by atoms with Gasteiger partial charge in [-0.25, -0.2) is 0 Å². The number of rotatable bonds is 1. The number of hydrogen-bond donors (Lipinski definition) is 0. The topological polar surface area (TPSA) is 20.1 Å². The second-order valence-corrected chi connectivity index (χ2v) is 2.26. The van der Waals surface area contributed by atoms with Crippen LogP contribution in [-0.4, -0.2) is 23.9 Å². The van der Waals surface area contributed by atoms with E-state index in [1.165, 1.54) is 0 Å². The fourth-order valence-electron chi connectivity index (χ4n) is 0.626. The summed E-state index contributed by atoms with van der Waals surface area (Å²) in [4.78, 5) is 12.8. The summed E-state index contributed by atoms with van der Waals surface area (Å²) in [5.41, 5.74) is 0.854. The van der Waals surface area contributed by atoms with E-state index in [2.05, 4.69) is 0 Å². The Kier molecular flexibility index (Phi) is 1.56. The summed E-state index contributed by atoms with van der Waals surface area (Å²) in [6.07, 6.45) is 1.85. The van der Waals surface area contributed by atoms with E-state index in [1.807, 2.05) is 24.8 Å². The average Bonchev–Trinajstić information content (AvgIpc) is 2.66. The molecule has 0 aromatic heterocycles. The second-order valence-electron chi connectivity index (χ2n) is 2.26. The highest BCUT2D eigenvalue weighted by Gasteiger charge is 2.24. The van der Waals surface area contributed by atoms with Crippen molar-refractivity contribution >= 4 is 5.91 Å². The molecular formula is C7H11NO. The summed E-state index contributed by atoms with van der Waals surface area (Å²) in [6, 6.07) is 0. The Morgan fingerprint density at radius 1 is 1.56 bits per heavy atom. The fraction of sp³-hybridized carbons (Fsp3) is 0.571. The van der Waals surface area contributed by atoms with Crippen molar-refractivity contribution in [1.29, 1.82) is 0 Å². The van der Waals surface area contributed by atoms with Crippen molar-refractivity contribution in [3.05, 3.63) is 11.6 Å². The van der Waals surface area contributed by atoms with E-state index >= 15 is 0 Å². The van der Waals surface area contributed by atoms with Crippen LogP contribution < -0.4 is 0 Å². The first-order valence-electron chi connectivity index (χ1n) is 3.18. The molecule has 0 atom stereocenters. The third-order valence-electron chi connectivity index (χ3n) is 1.50. The van der Waals surface area contributed by atoms with E-state index in [9.17, 15) is 4.79 Å². The molecule has 0 saturated carbocycles. The summed E-state index contributed by atoms with van der Waals surface area (Å²) in [7, 11) is 0. The number of nitrogens with zero attached hydrogens (tertiary/aromatic N) is 1. The molecule has 1 saturated heterocycles. The standard InChI is InChI=1S/C7H11NO/c1-3-6(2)7(9)8-4-5-8/h3H,4-5H2,1-2H3/b6-3-. The molecule has 0 bridgehead atoms. The molecule has 1 heterocycles. The number of carbonyl (C=O) groups excluding carboxylic acids is 1.